The summed E-state index contributed by atoms with van der Waals surface area (Å²) in [5, 5.41) is 2.91. The van der Waals surface area contributed by atoms with Crippen molar-refractivity contribution in [1.29, 1.82) is 0 Å². The molecule has 0 bridgehead atoms. The summed E-state index contributed by atoms with van der Waals surface area (Å²) in [7, 11) is 0. The highest BCUT2D eigenvalue weighted by Gasteiger charge is 2.03. The van der Waals surface area contributed by atoms with Gasteiger partial charge in [0.2, 0.25) is 5.91 Å². The van der Waals surface area contributed by atoms with Gasteiger partial charge in [-0.25, -0.2) is 4.39 Å². The Bertz CT molecular complexity index is 634. The molecule has 2 aromatic carbocycles. The Morgan fingerprint density at radius 2 is 1.64 bits per heavy atom. The molecule has 0 saturated carbocycles. The fraction of sp³-hybridized carbons (Fsp3) is 0.316. The average molecular weight is 299 g/mol. The van der Waals surface area contributed by atoms with Gasteiger partial charge < -0.3 is 5.32 Å². The second kappa shape index (κ2) is 7.74. The van der Waals surface area contributed by atoms with Crippen LogP contribution in [0.1, 0.15) is 28.7 Å². The first-order valence-corrected chi connectivity index (χ1v) is 7.62. The molecule has 116 valence electrons. The molecule has 2 rings (SSSR count). The highest BCUT2D eigenvalue weighted by atomic mass is 19.1. The van der Waals surface area contributed by atoms with E-state index in [1.54, 1.807) is 12.1 Å². The van der Waals surface area contributed by atoms with Crippen molar-refractivity contribution < 1.29 is 9.18 Å². The van der Waals surface area contributed by atoms with Crippen LogP contribution in [-0.4, -0.2) is 12.5 Å². The van der Waals surface area contributed by atoms with E-state index in [0.29, 0.717) is 13.0 Å². The van der Waals surface area contributed by atoms with Crippen LogP contribution < -0.4 is 5.32 Å². The van der Waals surface area contributed by atoms with Crippen LogP contribution >= 0.6 is 0 Å². The van der Waals surface area contributed by atoms with Gasteiger partial charge in [0.15, 0.2) is 0 Å². The minimum Gasteiger partial charge on any atom is -0.356 e. The van der Waals surface area contributed by atoms with Crippen molar-refractivity contribution in [3.63, 3.8) is 0 Å². The number of carbonyl (C=O) groups excluding carboxylic acids is 1. The Morgan fingerprint density at radius 3 is 2.32 bits per heavy atom. The summed E-state index contributed by atoms with van der Waals surface area (Å²) in [6.07, 6.45) is 1.96. The van der Waals surface area contributed by atoms with Gasteiger partial charge in [0.1, 0.15) is 5.82 Å². The highest BCUT2D eigenvalue weighted by molar-refractivity contribution is 5.76. The fourth-order valence-electron chi connectivity index (χ4n) is 2.30. The Morgan fingerprint density at radius 1 is 0.955 bits per heavy atom. The first-order chi connectivity index (χ1) is 10.5. The number of hydrogen-bond acceptors (Lipinski definition) is 1. The van der Waals surface area contributed by atoms with Crippen molar-refractivity contribution in [3.8, 4) is 0 Å². The minimum absolute atomic E-state index is 0.0559. The highest BCUT2D eigenvalue weighted by Crippen LogP contribution is 2.11. The molecule has 0 aliphatic heterocycles. The van der Waals surface area contributed by atoms with Gasteiger partial charge in [0.05, 0.1) is 0 Å². The molecule has 1 N–H and O–H groups in total. The predicted octanol–water partition coefficient (Wildman–Crippen LogP) is 3.73. The summed E-state index contributed by atoms with van der Waals surface area (Å²) >= 11 is 0. The molecule has 3 heteroatoms. The molecular weight excluding hydrogens is 277 g/mol. The van der Waals surface area contributed by atoms with Crippen LogP contribution in [0.5, 0.6) is 0 Å². The lowest BCUT2D eigenvalue weighted by molar-refractivity contribution is -0.121. The number of nitrogens with one attached hydrogen (secondary N) is 1. The van der Waals surface area contributed by atoms with Crippen LogP contribution in [-0.2, 0) is 17.6 Å². The Kier molecular flexibility index (Phi) is 5.70. The van der Waals surface area contributed by atoms with E-state index in [2.05, 4.69) is 37.4 Å². The number of halogens is 1. The summed E-state index contributed by atoms with van der Waals surface area (Å²) in [4.78, 5) is 11.8. The molecule has 0 aromatic heterocycles. The predicted molar refractivity (Wildman–Crippen MR) is 87.4 cm³/mol. The van der Waals surface area contributed by atoms with E-state index >= 15 is 0 Å². The van der Waals surface area contributed by atoms with Gasteiger partial charge in [0, 0.05) is 13.0 Å². The van der Waals surface area contributed by atoms with Crippen molar-refractivity contribution >= 4 is 5.91 Å². The van der Waals surface area contributed by atoms with E-state index in [-0.39, 0.29) is 11.7 Å². The van der Waals surface area contributed by atoms with E-state index < -0.39 is 0 Å². The van der Waals surface area contributed by atoms with Gasteiger partial charge in [-0.2, -0.15) is 0 Å². The molecule has 1 amide bonds. The molecule has 0 fully saturated rings. The third kappa shape index (κ3) is 4.99. The van der Waals surface area contributed by atoms with E-state index in [1.165, 1.54) is 28.8 Å². The van der Waals surface area contributed by atoms with Crippen LogP contribution in [0.3, 0.4) is 0 Å². The lowest BCUT2D eigenvalue weighted by Crippen LogP contribution is -2.25. The summed E-state index contributed by atoms with van der Waals surface area (Å²) in [6.45, 7) is 4.75. The third-order valence-corrected chi connectivity index (χ3v) is 3.86. The SMILES string of the molecule is Cc1ccc(CCC(=O)NCCc2ccc(F)cc2)cc1C. The Balaban J connectivity index is 1.71. The van der Waals surface area contributed by atoms with Gasteiger partial charge in [0.25, 0.3) is 0 Å². The molecule has 2 nitrogen and oxygen atoms in total. The smallest absolute Gasteiger partial charge is 0.220 e. The molecule has 0 aliphatic carbocycles. The first-order valence-electron chi connectivity index (χ1n) is 7.62. The zero-order valence-electron chi connectivity index (χ0n) is 13.2. The number of aryl methyl sites for hydroxylation is 3. The normalized spacial score (nSPS) is 10.5. The van der Waals surface area contributed by atoms with Gasteiger partial charge in [-0.1, -0.05) is 30.3 Å². The molecule has 0 heterocycles. The lowest BCUT2D eigenvalue weighted by Gasteiger charge is -2.07. The maximum atomic E-state index is 12.8. The Labute approximate surface area is 131 Å². The van der Waals surface area contributed by atoms with E-state index in [4.69, 9.17) is 0 Å². The minimum atomic E-state index is -0.235. The third-order valence-electron chi connectivity index (χ3n) is 3.86. The van der Waals surface area contributed by atoms with Crippen molar-refractivity contribution in [2.75, 3.05) is 6.54 Å². The van der Waals surface area contributed by atoms with Crippen molar-refractivity contribution in [3.05, 3.63) is 70.5 Å². The molecule has 0 radical (unpaired) electrons. The largest absolute Gasteiger partial charge is 0.356 e. The van der Waals surface area contributed by atoms with Gasteiger partial charge in [-0.15, -0.1) is 0 Å². The Hall–Kier alpha value is -2.16. The topological polar surface area (TPSA) is 29.1 Å². The molecule has 0 spiro atoms. The summed E-state index contributed by atoms with van der Waals surface area (Å²) in [6, 6.07) is 12.7. The molecule has 0 saturated heterocycles. The van der Waals surface area contributed by atoms with Crippen LogP contribution in [0.15, 0.2) is 42.5 Å². The summed E-state index contributed by atoms with van der Waals surface area (Å²) in [5.41, 5.74) is 4.74. The lowest BCUT2D eigenvalue weighted by atomic mass is 10.0. The monoisotopic (exact) mass is 299 g/mol. The van der Waals surface area contributed by atoms with Crippen LogP contribution in [0.4, 0.5) is 4.39 Å². The zero-order chi connectivity index (χ0) is 15.9. The van der Waals surface area contributed by atoms with Crippen LogP contribution in [0, 0.1) is 19.7 Å². The first kappa shape index (κ1) is 16.2. The molecule has 2 aromatic rings. The van der Waals surface area contributed by atoms with E-state index in [0.717, 1.165) is 18.4 Å². The van der Waals surface area contributed by atoms with E-state index in [1.807, 2.05) is 0 Å². The van der Waals surface area contributed by atoms with Gasteiger partial charge in [-0.3, -0.25) is 4.79 Å². The van der Waals surface area contributed by atoms with Crippen LogP contribution in [0.25, 0.3) is 0 Å². The van der Waals surface area contributed by atoms with Crippen molar-refractivity contribution in [2.45, 2.75) is 33.1 Å². The number of benzene rings is 2. The van der Waals surface area contributed by atoms with Gasteiger partial charge >= 0.3 is 0 Å². The number of hydrogen-bond donors (Lipinski definition) is 1. The molecule has 22 heavy (non-hydrogen) atoms. The maximum absolute atomic E-state index is 12.8. The molecule has 0 atom stereocenters. The summed E-state index contributed by atoms with van der Waals surface area (Å²) in [5.74, 6) is -0.179. The van der Waals surface area contributed by atoms with Crippen molar-refractivity contribution in [2.24, 2.45) is 0 Å². The zero-order valence-corrected chi connectivity index (χ0v) is 13.2. The second-order valence-electron chi connectivity index (χ2n) is 5.65. The number of rotatable bonds is 6. The fourth-order valence-corrected chi connectivity index (χ4v) is 2.30. The average Bonchev–Trinajstić information content (AvgIpc) is 2.50. The standard InChI is InChI=1S/C19H22FNO/c1-14-3-4-17(13-15(14)2)7-10-19(22)21-12-11-16-5-8-18(20)9-6-16/h3-6,8-9,13H,7,10-12H2,1-2H3,(H,21,22). The second-order valence-corrected chi connectivity index (χ2v) is 5.65. The van der Waals surface area contributed by atoms with Gasteiger partial charge in [-0.05, 0) is 61.1 Å². The van der Waals surface area contributed by atoms with Crippen LogP contribution in [0.2, 0.25) is 0 Å². The van der Waals surface area contributed by atoms with Crippen molar-refractivity contribution in [1.82, 2.24) is 5.32 Å². The summed E-state index contributed by atoms with van der Waals surface area (Å²) < 4.78 is 12.8. The maximum Gasteiger partial charge on any atom is 0.220 e. The molecule has 0 aliphatic rings. The quantitative estimate of drug-likeness (QED) is 0.865. The van der Waals surface area contributed by atoms with E-state index in [9.17, 15) is 9.18 Å². The molecule has 0 unspecified atom stereocenters. The number of amides is 1. The number of carbonyl (C=O) groups is 1. The molecular formula is C19H22FNO.